The maximum Gasteiger partial charge on any atom is 0.351 e. The van der Waals surface area contributed by atoms with Crippen LogP contribution in [0.2, 0.25) is 10.0 Å². The molecule has 0 saturated carbocycles. The summed E-state index contributed by atoms with van der Waals surface area (Å²) in [5, 5.41) is 0.858. The Bertz CT molecular complexity index is 436. The predicted octanol–water partition coefficient (Wildman–Crippen LogP) is 5.37. The number of rotatable bonds is 2. The van der Waals surface area contributed by atoms with Crippen LogP contribution in [0, 0.1) is 0 Å². The fourth-order valence-electron chi connectivity index (χ4n) is 0.816. The van der Waals surface area contributed by atoms with Crippen molar-refractivity contribution < 1.29 is 9.53 Å². The highest BCUT2D eigenvalue weighted by Gasteiger charge is 2.12. The molecule has 1 aromatic rings. The van der Waals surface area contributed by atoms with Gasteiger partial charge < -0.3 is 4.74 Å². The number of esters is 1. The van der Waals surface area contributed by atoms with Gasteiger partial charge in [0.05, 0.1) is 1.59 Å². The second-order valence-electron chi connectivity index (χ2n) is 2.57. The Kier molecular flexibility index (Phi) is 6.63. The van der Waals surface area contributed by atoms with E-state index in [0.29, 0.717) is 19.4 Å². The molecule has 16 heavy (non-hydrogen) atoms. The minimum Gasteiger partial charge on any atom is -0.422 e. The highest BCUT2D eigenvalue weighted by molar-refractivity contribution is 14.2. The van der Waals surface area contributed by atoms with Crippen molar-refractivity contribution in [3.8, 4) is 5.75 Å². The van der Waals surface area contributed by atoms with Crippen LogP contribution < -0.4 is 4.74 Å². The van der Waals surface area contributed by atoms with E-state index in [1.807, 2.05) is 67.8 Å². The molecule has 0 fully saturated rings. The van der Waals surface area contributed by atoms with Crippen LogP contribution in [-0.2, 0) is 4.79 Å². The standard InChI is InChI=1S/C9H3Cl2I3O2/c10-4-1-5(11)3-6(2-4)16-9(15)7(12)8(13)14/h1-3H. The highest BCUT2D eigenvalue weighted by Crippen LogP contribution is 2.29. The molecule has 2 nitrogen and oxygen atoms in total. The molecule has 0 aliphatic heterocycles. The molecule has 0 bridgehead atoms. The number of ether oxygens (including phenoxy) is 1. The fourth-order valence-corrected chi connectivity index (χ4v) is 1.87. The third kappa shape index (κ3) is 4.83. The Morgan fingerprint density at radius 1 is 1.06 bits per heavy atom. The van der Waals surface area contributed by atoms with Crippen molar-refractivity contribution >= 4 is 96.9 Å². The molecular weight excluding hydrogens is 592 g/mol. The zero-order valence-corrected chi connectivity index (χ0v) is 15.4. The molecule has 7 heteroatoms. The van der Waals surface area contributed by atoms with Crippen LogP contribution in [0.15, 0.2) is 23.4 Å². The monoisotopic (exact) mass is 594 g/mol. The lowest BCUT2D eigenvalue weighted by Gasteiger charge is -2.04. The van der Waals surface area contributed by atoms with Gasteiger partial charge >= 0.3 is 5.97 Å². The van der Waals surface area contributed by atoms with Crippen molar-refractivity contribution in [2.75, 3.05) is 0 Å². The van der Waals surface area contributed by atoms with Gasteiger partial charge in [0.25, 0.3) is 0 Å². The average molecular weight is 595 g/mol. The highest BCUT2D eigenvalue weighted by atomic mass is 127. The minimum atomic E-state index is -0.419. The van der Waals surface area contributed by atoms with Crippen LogP contribution in [-0.4, -0.2) is 5.97 Å². The Morgan fingerprint density at radius 2 is 1.56 bits per heavy atom. The van der Waals surface area contributed by atoms with Gasteiger partial charge in [0.1, 0.15) is 9.33 Å². The molecule has 1 rings (SSSR count). The van der Waals surface area contributed by atoms with Crippen LogP contribution in [0.25, 0.3) is 0 Å². The van der Waals surface area contributed by atoms with Crippen LogP contribution in [0.5, 0.6) is 5.75 Å². The summed E-state index contributed by atoms with van der Waals surface area (Å²) < 4.78 is 6.48. The van der Waals surface area contributed by atoms with Crippen molar-refractivity contribution in [3.63, 3.8) is 0 Å². The first-order chi connectivity index (χ1) is 7.40. The Labute approximate surface area is 144 Å². The zero-order valence-electron chi connectivity index (χ0n) is 7.44. The quantitative estimate of drug-likeness (QED) is 0.199. The number of benzene rings is 1. The van der Waals surface area contributed by atoms with Gasteiger partial charge in [-0.05, 0) is 86.0 Å². The number of carbonyl (C=O) groups is 1. The first-order valence-corrected chi connectivity index (χ1v) is 7.78. The number of hydrogen-bond acceptors (Lipinski definition) is 2. The maximum atomic E-state index is 11.6. The van der Waals surface area contributed by atoms with E-state index in [-0.39, 0.29) is 0 Å². The molecule has 0 aliphatic carbocycles. The summed E-state index contributed by atoms with van der Waals surface area (Å²) in [5.41, 5.74) is 0. The summed E-state index contributed by atoms with van der Waals surface area (Å²) in [7, 11) is 0. The van der Waals surface area contributed by atoms with Gasteiger partial charge in [-0.2, -0.15) is 0 Å². The van der Waals surface area contributed by atoms with E-state index in [9.17, 15) is 4.79 Å². The lowest BCUT2D eigenvalue weighted by atomic mass is 10.3. The molecule has 1 aromatic carbocycles. The molecule has 0 aromatic heterocycles. The molecule has 0 heterocycles. The van der Waals surface area contributed by atoms with E-state index in [2.05, 4.69) is 0 Å². The second kappa shape index (κ2) is 6.95. The SMILES string of the molecule is O=C(Oc1cc(Cl)cc(Cl)c1)C(I)=C(I)I. The van der Waals surface area contributed by atoms with Gasteiger partial charge in [-0.15, -0.1) is 0 Å². The molecule has 0 amide bonds. The third-order valence-electron chi connectivity index (χ3n) is 1.39. The van der Waals surface area contributed by atoms with Gasteiger partial charge in [-0.1, -0.05) is 23.2 Å². The molecule has 0 saturated heterocycles. The van der Waals surface area contributed by atoms with E-state index in [1.54, 1.807) is 6.07 Å². The minimum absolute atomic E-state index is 0.339. The second-order valence-corrected chi connectivity index (χ2v) is 8.74. The average Bonchev–Trinajstić information content (AvgIpc) is 2.14. The third-order valence-corrected chi connectivity index (χ3v) is 5.95. The molecule has 86 valence electrons. The first kappa shape index (κ1) is 15.3. The van der Waals surface area contributed by atoms with Crippen molar-refractivity contribution in [1.82, 2.24) is 0 Å². The Morgan fingerprint density at radius 3 is 2.00 bits per heavy atom. The van der Waals surface area contributed by atoms with Crippen LogP contribution in [0.4, 0.5) is 0 Å². The predicted molar refractivity (Wildman–Crippen MR) is 91.2 cm³/mol. The van der Waals surface area contributed by atoms with Crippen molar-refractivity contribution in [2.45, 2.75) is 0 Å². The van der Waals surface area contributed by atoms with Gasteiger partial charge in [0, 0.05) is 10.0 Å². The van der Waals surface area contributed by atoms with Crippen molar-refractivity contribution in [1.29, 1.82) is 0 Å². The van der Waals surface area contributed by atoms with Crippen LogP contribution >= 0.6 is 91.0 Å². The summed E-state index contributed by atoms with van der Waals surface area (Å²) in [5.74, 6) is -0.0801. The number of halogens is 5. The Balaban J connectivity index is 2.90. The molecule has 0 atom stereocenters. The molecule has 0 N–H and O–H groups in total. The normalized spacial score (nSPS) is 9.81. The van der Waals surface area contributed by atoms with Gasteiger partial charge in [0.15, 0.2) is 0 Å². The van der Waals surface area contributed by atoms with Crippen LogP contribution in [0.3, 0.4) is 0 Å². The van der Waals surface area contributed by atoms with Gasteiger partial charge in [0.2, 0.25) is 0 Å². The first-order valence-electron chi connectivity index (χ1n) is 3.79. The topological polar surface area (TPSA) is 26.3 Å². The van der Waals surface area contributed by atoms with E-state index < -0.39 is 5.97 Å². The molecule has 0 spiro atoms. The molecular formula is C9H3Cl2I3O2. The lowest BCUT2D eigenvalue weighted by Crippen LogP contribution is -2.07. The van der Waals surface area contributed by atoms with Crippen molar-refractivity contribution in [3.05, 3.63) is 33.4 Å². The fraction of sp³-hybridized carbons (Fsp3) is 0. The maximum absolute atomic E-state index is 11.6. The largest absolute Gasteiger partial charge is 0.422 e. The van der Waals surface area contributed by atoms with E-state index in [0.717, 1.165) is 1.59 Å². The summed E-state index contributed by atoms with van der Waals surface area (Å²) in [4.78, 5) is 11.6. The van der Waals surface area contributed by atoms with Gasteiger partial charge in [-0.3, -0.25) is 0 Å². The lowest BCUT2D eigenvalue weighted by molar-refractivity contribution is -0.129. The van der Waals surface area contributed by atoms with E-state index in [4.69, 9.17) is 27.9 Å². The summed E-state index contributed by atoms with van der Waals surface area (Å²) in [6, 6.07) is 4.65. The summed E-state index contributed by atoms with van der Waals surface area (Å²) >= 11 is 17.6. The Hall–Kier alpha value is 1.20. The smallest absolute Gasteiger partial charge is 0.351 e. The molecule has 0 unspecified atom stereocenters. The number of carbonyl (C=O) groups excluding carboxylic acids is 1. The number of hydrogen-bond donors (Lipinski definition) is 0. The molecule has 0 aliphatic rings. The van der Waals surface area contributed by atoms with E-state index in [1.165, 1.54) is 12.1 Å². The zero-order chi connectivity index (χ0) is 12.3. The van der Waals surface area contributed by atoms with Crippen LogP contribution in [0.1, 0.15) is 0 Å². The van der Waals surface area contributed by atoms with Gasteiger partial charge in [-0.25, -0.2) is 4.79 Å². The summed E-state index contributed by atoms with van der Waals surface area (Å²) in [6.07, 6.45) is 0. The van der Waals surface area contributed by atoms with E-state index >= 15 is 0 Å². The van der Waals surface area contributed by atoms with Crippen molar-refractivity contribution in [2.24, 2.45) is 0 Å². The summed E-state index contributed by atoms with van der Waals surface area (Å²) in [6.45, 7) is 0. The molecule has 0 radical (unpaired) electrons.